The molecule has 0 bridgehead atoms. The van der Waals surface area contributed by atoms with E-state index in [4.69, 9.17) is 0 Å². The van der Waals surface area contributed by atoms with E-state index in [1.807, 2.05) is 4.57 Å². The second-order valence-corrected chi connectivity index (χ2v) is 5.56. The van der Waals surface area contributed by atoms with Crippen molar-refractivity contribution in [2.45, 2.75) is 52.0 Å². The lowest BCUT2D eigenvalue weighted by molar-refractivity contribution is 0.0681. The summed E-state index contributed by atoms with van der Waals surface area (Å²) in [5, 5.41) is 9.35. The van der Waals surface area contributed by atoms with Crippen molar-refractivity contribution in [3.8, 4) is 0 Å². The van der Waals surface area contributed by atoms with Crippen LogP contribution < -0.4 is 0 Å². The summed E-state index contributed by atoms with van der Waals surface area (Å²) in [6, 6.07) is 2.09. The van der Waals surface area contributed by atoms with Gasteiger partial charge < -0.3 is 9.67 Å². The second-order valence-electron chi connectivity index (χ2n) is 5.56. The molecule has 3 nitrogen and oxygen atoms in total. The van der Waals surface area contributed by atoms with Crippen molar-refractivity contribution in [3.63, 3.8) is 0 Å². The molecule has 1 aliphatic rings. The molecule has 0 saturated carbocycles. The Morgan fingerprint density at radius 2 is 2.06 bits per heavy atom. The first-order chi connectivity index (χ1) is 7.41. The van der Waals surface area contributed by atoms with Gasteiger partial charge in [0, 0.05) is 12.2 Å². The number of carboxylic acid groups (broad SMARTS) is 1. The third-order valence-electron chi connectivity index (χ3n) is 3.26. The van der Waals surface area contributed by atoms with E-state index in [9.17, 15) is 9.90 Å². The summed E-state index contributed by atoms with van der Waals surface area (Å²) in [6.07, 6.45) is 3.27. The lowest BCUT2D eigenvalue weighted by Crippen LogP contribution is -2.20. The lowest BCUT2D eigenvalue weighted by atomic mass is 9.86. The summed E-state index contributed by atoms with van der Waals surface area (Å²) in [4.78, 5) is 11.4. The van der Waals surface area contributed by atoms with Gasteiger partial charge in [0.15, 0.2) is 0 Å². The minimum atomic E-state index is -0.793. The number of hydrogen-bond acceptors (Lipinski definition) is 1. The molecule has 88 valence electrons. The van der Waals surface area contributed by atoms with Crippen molar-refractivity contribution >= 4 is 5.97 Å². The Hall–Kier alpha value is -1.25. The van der Waals surface area contributed by atoms with Gasteiger partial charge in [0.2, 0.25) is 0 Å². The van der Waals surface area contributed by atoms with E-state index in [-0.39, 0.29) is 5.41 Å². The van der Waals surface area contributed by atoms with Crippen LogP contribution in [0.4, 0.5) is 0 Å². The molecule has 2 rings (SSSR count). The van der Waals surface area contributed by atoms with Crippen molar-refractivity contribution in [3.05, 3.63) is 23.0 Å². The Morgan fingerprint density at radius 3 is 2.62 bits per heavy atom. The standard InChI is InChI=1S/C13H19NO2/c1-13(2,3)10-8-9-6-4-5-7-14(9)11(10)12(15)16/h8H,4-7H2,1-3H3,(H,15,16). The maximum atomic E-state index is 11.4. The van der Waals surface area contributed by atoms with Crippen LogP contribution in [0.25, 0.3) is 0 Å². The molecule has 1 aromatic rings. The zero-order valence-electron chi connectivity index (χ0n) is 10.2. The molecule has 1 N–H and O–H groups in total. The first kappa shape index (κ1) is 11.2. The van der Waals surface area contributed by atoms with E-state index in [2.05, 4.69) is 26.8 Å². The number of nitrogens with zero attached hydrogens (tertiary/aromatic N) is 1. The van der Waals surface area contributed by atoms with E-state index in [1.165, 1.54) is 12.1 Å². The number of fused-ring (bicyclic) bond motifs is 1. The number of carbonyl (C=O) groups is 1. The van der Waals surface area contributed by atoms with Gasteiger partial charge in [-0.1, -0.05) is 20.8 Å². The van der Waals surface area contributed by atoms with Crippen LogP contribution in [0.1, 0.15) is 55.4 Å². The SMILES string of the molecule is CC(C)(C)c1cc2n(c1C(=O)O)CCCC2. The van der Waals surface area contributed by atoms with Gasteiger partial charge in [0.1, 0.15) is 5.69 Å². The van der Waals surface area contributed by atoms with Gasteiger partial charge in [-0.25, -0.2) is 4.79 Å². The highest BCUT2D eigenvalue weighted by atomic mass is 16.4. The first-order valence-corrected chi connectivity index (χ1v) is 5.87. The van der Waals surface area contributed by atoms with Crippen LogP contribution in [0.5, 0.6) is 0 Å². The highest BCUT2D eigenvalue weighted by Gasteiger charge is 2.28. The van der Waals surface area contributed by atoms with E-state index < -0.39 is 5.97 Å². The van der Waals surface area contributed by atoms with Crippen LogP contribution in [-0.2, 0) is 18.4 Å². The number of aryl methyl sites for hydroxylation is 1. The molecular weight excluding hydrogens is 202 g/mol. The Kier molecular flexibility index (Phi) is 2.56. The third kappa shape index (κ3) is 1.75. The summed E-state index contributed by atoms with van der Waals surface area (Å²) >= 11 is 0. The van der Waals surface area contributed by atoms with E-state index in [0.29, 0.717) is 5.69 Å². The molecule has 2 heterocycles. The van der Waals surface area contributed by atoms with E-state index in [1.54, 1.807) is 0 Å². The van der Waals surface area contributed by atoms with Crippen molar-refractivity contribution in [2.24, 2.45) is 0 Å². The average molecular weight is 221 g/mol. The molecule has 0 unspecified atom stereocenters. The number of hydrogen-bond donors (Lipinski definition) is 1. The zero-order valence-corrected chi connectivity index (χ0v) is 10.2. The molecule has 0 spiro atoms. The number of carboxylic acids is 1. The molecule has 0 amide bonds. The molecule has 0 aromatic carbocycles. The van der Waals surface area contributed by atoms with Gasteiger partial charge in [0.25, 0.3) is 0 Å². The monoisotopic (exact) mass is 221 g/mol. The molecule has 0 atom stereocenters. The van der Waals surface area contributed by atoms with Gasteiger partial charge in [-0.3, -0.25) is 0 Å². The van der Waals surface area contributed by atoms with Crippen molar-refractivity contribution in [1.82, 2.24) is 4.57 Å². The Bertz CT molecular complexity index is 424. The van der Waals surface area contributed by atoms with E-state index >= 15 is 0 Å². The van der Waals surface area contributed by atoms with Crippen LogP contribution in [0.15, 0.2) is 6.07 Å². The maximum Gasteiger partial charge on any atom is 0.352 e. The minimum absolute atomic E-state index is 0.0991. The fraction of sp³-hybridized carbons (Fsp3) is 0.615. The summed E-state index contributed by atoms with van der Waals surface area (Å²) in [6.45, 7) is 7.06. The highest BCUT2D eigenvalue weighted by molar-refractivity contribution is 5.88. The fourth-order valence-electron chi connectivity index (χ4n) is 2.44. The summed E-state index contributed by atoms with van der Waals surface area (Å²) in [5.74, 6) is -0.793. The summed E-state index contributed by atoms with van der Waals surface area (Å²) < 4.78 is 1.99. The maximum absolute atomic E-state index is 11.4. The fourth-order valence-corrected chi connectivity index (χ4v) is 2.44. The average Bonchev–Trinajstić information content (AvgIpc) is 2.55. The number of aromatic nitrogens is 1. The molecule has 0 aliphatic carbocycles. The molecule has 0 saturated heterocycles. The van der Waals surface area contributed by atoms with Crippen LogP contribution in [0.3, 0.4) is 0 Å². The predicted octanol–water partition coefficient (Wildman–Crippen LogP) is 2.82. The number of aromatic carboxylic acids is 1. The third-order valence-corrected chi connectivity index (χ3v) is 3.26. The van der Waals surface area contributed by atoms with Crippen molar-refractivity contribution in [2.75, 3.05) is 0 Å². The molecule has 1 aromatic heterocycles. The Morgan fingerprint density at radius 1 is 1.38 bits per heavy atom. The van der Waals surface area contributed by atoms with Gasteiger partial charge in [0.05, 0.1) is 0 Å². The van der Waals surface area contributed by atoms with Gasteiger partial charge >= 0.3 is 5.97 Å². The molecule has 16 heavy (non-hydrogen) atoms. The van der Waals surface area contributed by atoms with Crippen LogP contribution in [-0.4, -0.2) is 15.6 Å². The molecule has 0 fully saturated rings. The number of rotatable bonds is 1. The quantitative estimate of drug-likeness (QED) is 0.792. The van der Waals surface area contributed by atoms with Gasteiger partial charge in [-0.2, -0.15) is 0 Å². The van der Waals surface area contributed by atoms with Gasteiger partial charge in [-0.15, -0.1) is 0 Å². The normalized spacial score (nSPS) is 15.9. The minimum Gasteiger partial charge on any atom is -0.477 e. The highest BCUT2D eigenvalue weighted by Crippen LogP contribution is 2.31. The van der Waals surface area contributed by atoms with Crippen molar-refractivity contribution < 1.29 is 9.90 Å². The molecule has 3 heteroatoms. The summed E-state index contributed by atoms with van der Waals surface area (Å²) in [5.41, 5.74) is 2.56. The van der Waals surface area contributed by atoms with Crippen LogP contribution >= 0.6 is 0 Å². The lowest BCUT2D eigenvalue weighted by Gasteiger charge is -2.20. The van der Waals surface area contributed by atoms with Gasteiger partial charge in [-0.05, 0) is 36.3 Å². The largest absolute Gasteiger partial charge is 0.477 e. The topological polar surface area (TPSA) is 42.2 Å². The molecule has 1 aliphatic heterocycles. The smallest absolute Gasteiger partial charge is 0.352 e. The zero-order chi connectivity index (χ0) is 11.9. The first-order valence-electron chi connectivity index (χ1n) is 5.87. The molecular formula is C13H19NO2. The molecule has 0 radical (unpaired) electrons. The second kappa shape index (κ2) is 3.65. The van der Waals surface area contributed by atoms with Crippen molar-refractivity contribution in [1.29, 1.82) is 0 Å². The summed E-state index contributed by atoms with van der Waals surface area (Å²) in [7, 11) is 0. The Labute approximate surface area is 96.1 Å². The van der Waals surface area contributed by atoms with E-state index in [0.717, 1.165) is 24.9 Å². The predicted molar refractivity (Wildman–Crippen MR) is 63.0 cm³/mol. The van der Waals surface area contributed by atoms with Crippen LogP contribution in [0.2, 0.25) is 0 Å². The van der Waals surface area contributed by atoms with Crippen LogP contribution in [0, 0.1) is 0 Å². The Balaban J connectivity index is 2.61.